The third-order valence-electron chi connectivity index (χ3n) is 1.85. The van der Waals surface area contributed by atoms with Crippen molar-refractivity contribution in [3.63, 3.8) is 0 Å². The summed E-state index contributed by atoms with van der Waals surface area (Å²) in [7, 11) is 0. The number of hydrazine groups is 1. The second-order valence-corrected chi connectivity index (χ2v) is 4.02. The van der Waals surface area contributed by atoms with Crippen molar-refractivity contribution in [2.45, 2.75) is 26.3 Å². The summed E-state index contributed by atoms with van der Waals surface area (Å²) in [4.78, 5) is 0. The van der Waals surface area contributed by atoms with Gasteiger partial charge in [0.15, 0.2) is 0 Å². The van der Waals surface area contributed by atoms with Crippen LogP contribution in [0, 0.1) is 0 Å². The van der Waals surface area contributed by atoms with Gasteiger partial charge in [0.25, 0.3) is 0 Å². The Morgan fingerprint density at radius 2 is 1.77 bits per heavy atom. The summed E-state index contributed by atoms with van der Waals surface area (Å²) in [5.41, 5.74) is 0.298. The summed E-state index contributed by atoms with van der Waals surface area (Å²) in [6, 6.07) is 0. The van der Waals surface area contributed by atoms with E-state index in [1.165, 1.54) is 5.01 Å². The van der Waals surface area contributed by atoms with Crippen LogP contribution in [0.2, 0.25) is 0 Å². The van der Waals surface area contributed by atoms with Crippen LogP contribution in [0.5, 0.6) is 0 Å². The summed E-state index contributed by atoms with van der Waals surface area (Å²) in [5.74, 6) is 5.53. The molecule has 0 spiro atoms. The second-order valence-electron chi connectivity index (χ2n) is 4.02. The van der Waals surface area contributed by atoms with Crippen molar-refractivity contribution in [1.29, 1.82) is 0 Å². The fraction of sp³-hybridized carbons (Fsp3) is 0.400. The summed E-state index contributed by atoms with van der Waals surface area (Å²) in [6.07, 6.45) is 7.16. The van der Waals surface area contributed by atoms with Gasteiger partial charge in [0.05, 0.1) is 0 Å². The first-order valence-electron chi connectivity index (χ1n) is 4.24. The minimum Gasteiger partial charge on any atom is -0.859 e. The van der Waals surface area contributed by atoms with Crippen LogP contribution in [0.15, 0.2) is 35.8 Å². The average Bonchev–Trinajstić information content (AvgIpc) is 2.51. The smallest absolute Gasteiger partial charge is 0.0463 e. The molecule has 0 bridgehead atoms. The highest BCUT2D eigenvalue weighted by Crippen LogP contribution is 2.17. The van der Waals surface area contributed by atoms with Crippen molar-refractivity contribution in [2.75, 3.05) is 0 Å². The molecule has 0 amide bonds. The minimum atomic E-state index is -0.339. The molecule has 0 aromatic heterocycles. The van der Waals surface area contributed by atoms with Gasteiger partial charge < -0.3 is 10.1 Å². The zero-order valence-electron chi connectivity index (χ0n) is 8.24. The maximum Gasteiger partial charge on any atom is 0.0463 e. The Kier molecular flexibility index (Phi) is 2.48. The van der Waals surface area contributed by atoms with Crippen molar-refractivity contribution in [3.8, 4) is 0 Å². The first kappa shape index (κ1) is 9.86. The number of nitrogens with two attached hydrogens (primary N) is 1. The number of hydrogen-bond donors (Lipinski definition) is 1. The van der Waals surface area contributed by atoms with E-state index in [-0.39, 0.29) is 11.4 Å². The largest absolute Gasteiger partial charge is 0.859 e. The van der Waals surface area contributed by atoms with Crippen molar-refractivity contribution >= 4 is 0 Å². The lowest BCUT2D eigenvalue weighted by molar-refractivity contribution is -0.340. The van der Waals surface area contributed by atoms with Gasteiger partial charge in [-0.1, -0.05) is 24.3 Å². The lowest BCUT2D eigenvalue weighted by Gasteiger charge is -2.38. The Bertz CT molecular complexity index is 268. The Labute approximate surface area is 78.8 Å². The van der Waals surface area contributed by atoms with E-state index in [2.05, 4.69) is 0 Å². The summed E-state index contributed by atoms with van der Waals surface area (Å²) >= 11 is 0. The molecule has 1 rings (SSSR count). The van der Waals surface area contributed by atoms with Gasteiger partial charge in [-0.15, -0.1) is 0 Å². The Morgan fingerprint density at radius 3 is 2.15 bits per heavy atom. The van der Waals surface area contributed by atoms with Crippen LogP contribution in [-0.4, -0.2) is 10.5 Å². The fourth-order valence-corrected chi connectivity index (χ4v) is 0.960. The quantitative estimate of drug-likeness (QED) is 0.365. The molecule has 1 aliphatic carbocycles. The molecule has 0 unspecified atom stereocenters. The van der Waals surface area contributed by atoms with Gasteiger partial charge in [-0.3, -0.25) is 0 Å². The van der Waals surface area contributed by atoms with Crippen molar-refractivity contribution < 1.29 is 5.11 Å². The predicted molar refractivity (Wildman–Crippen MR) is 51.1 cm³/mol. The van der Waals surface area contributed by atoms with E-state index in [9.17, 15) is 5.11 Å². The van der Waals surface area contributed by atoms with Gasteiger partial charge in [0.1, 0.15) is 0 Å². The molecule has 2 N–H and O–H groups in total. The molecule has 0 heterocycles. The lowest BCUT2D eigenvalue weighted by atomic mass is 10.1. The Hall–Kier alpha value is -1.22. The fourth-order valence-electron chi connectivity index (χ4n) is 0.960. The van der Waals surface area contributed by atoms with Crippen molar-refractivity contribution in [3.05, 3.63) is 35.8 Å². The van der Waals surface area contributed by atoms with Gasteiger partial charge in [-0.05, 0) is 32.2 Å². The highest BCUT2D eigenvalue weighted by Gasteiger charge is 2.16. The first-order valence-corrected chi connectivity index (χ1v) is 4.24. The molecule has 13 heavy (non-hydrogen) atoms. The molecule has 0 radical (unpaired) electrons. The SMILES string of the molecule is CC(C)(C)N(N)C([O-])=C1C=CC=C1. The first-order chi connectivity index (χ1) is 5.93. The van der Waals surface area contributed by atoms with Crippen LogP contribution >= 0.6 is 0 Å². The van der Waals surface area contributed by atoms with Gasteiger partial charge in [0, 0.05) is 5.54 Å². The monoisotopic (exact) mass is 179 g/mol. The van der Waals surface area contributed by atoms with Crippen LogP contribution in [-0.2, 0) is 0 Å². The number of allylic oxidation sites excluding steroid dienone is 5. The highest BCUT2D eigenvalue weighted by atomic mass is 16.3. The predicted octanol–water partition coefficient (Wildman–Crippen LogP) is 0.658. The average molecular weight is 179 g/mol. The van der Waals surface area contributed by atoms with Gasteiger partial charge in [-0.25, -0.2) is 5.84 Å². The van der Waals surface area contributed by atoms with Crippen LogP contribution in [0.1, 0.15) is 20.8 Å². The third-order valence-corrected chi connectivity index (χ3v) is 1.85. The van der Waals surface area contributed by atoms with E-state index in [0.29, 0.717) is 5.57 Å². The number of hydrogen-bond acceptors (Lipinski definition) is 3. The van der Waals surface area contributed by atoms with Crippen LogP contribution in [0.4, 0.5) is 0 Å². The van der Waals surface area contributed by atoms with E-state index >= 15 is 0 Å². The molecule has 0 atom stereocenters. The zero-order valence-corrected chi connectivity index (χ0v) is 8.24. The molecule has 0 aromatic rings. The molecule has 72 valence electrons. The third kappa shape index (κ3) is 2.12. The zero-order chi connectivity index (χ0) is 10.1. The molecule has 0 saturated heterocycles. The van der Waals surface area contributed by atoms with Crippen LogP contribution < -0.4 is 10.9 Å². The normalized spacial score (nSPS) is 15.2. The van der Waals surface area contributed by atoms with Crippen LogP contribution in [0.25, 0.3) is 0 Å². The van der Waals surface area contributed by atoms with Crippen LogP contribution in [0.3, 0.4) is 0 Å². The Morgan fingerprint density at radius 1 is 1.31 bits per heavy atom. The van der Waals surface area contributed by atoms with E-state index in [0.717, 1.165) is 0 Å². The summed E-state index contributed by atoms with van der Waals surface area (Å²) < 4.78 is 0. The Balaban J connectivity index is 2.90. The molecule has 1 aliphatic rings. The highest BCUT2D eigenvalue weighted by molar-refractivity contribution is 5.41. The van der Waals surface area contributed by atoms with E-state index < -0.39 is 0 Å². The van der Waals surface area contributed by atoms with E-state index in [4.69, 9.17) is 5.84 Å². The maximum absolute atomic E-state index is 11.7. The van der Waals surface area contributed by atoms with E-state index in [1.807, 2.05) is 32.9 Å². The van der Waals surface area contributed by atoms with Gasteiger partial charge in [-0.2, -0.15) is 0 Å². The number of rotatable bonds is 1. The molecule has 0 saturated carbocycles. The van der Waals surface area contributed by atoms with Gasteiger partial charge >= 0.3 is 0 Å². The lowest BCUT2D eigenvalue weighted by Crippen LogP contribution is -2.49. The standard InChI is InChI=1S/C10H16N2O/c1-10(2,3)12(11)9(13)8-6-4-5-7-8/h4-7,13H,11H2,1-3H3/p-1. The molecular weight excluding hydrogens is 164 g/mol. The summed E-state index contributed by atoms with van der Waals surface area (Å²) in [5, 5.41) is 12.9. The molecule has 3 heteroatoms. The minimum absolute atomic E-state index is 0.141. The van der Waals surface area contributed by atoms with E-state index in [1.54, 1.807) is 12.2 Å². The molecule has 3 nitrogen and oxygen atoms in total. The topological polar surface area (TPSA) is 52.3 Å². The maximum atomic E-state index is 11.7. The second kappa shape index (κ2) is 3.26. The van der Waals surface area contributed by atoms with Gasteiger partial charge in [0.2, 0.25) is 0 Å². The summed E-state index contributed by atoms with van der Waals surface area (Å²) in [6.45, 7) is 5.69. The molecule has 0 aliphatic heterocycles. The van der Waals surface area contributed by atoms with Crippen molar-refractivity contribution in [2.24, 2.45) is 5.84 Å². The number of nitrogens with zero attached hydrogens (tertiary/aromatic N) is 1. The molecular formula is C10H15N2O-. The molecule has 0 aromatic carbocycles. The molecule has 0 fully saturated rings. The van der Waals surface area contributed by atoms with Crippen molar-refractivity contribution in [1.82, 2.24) is 5.01 Å².